The van der Waals surface area contributed by atoms with Crippen molar-refractivity contribution in [3.05, 3.63) is 27.0 Å². The van der Waals surface area contributed by atoms with E-state index in [4.69, 9.17) is 27.9 Å². The topological polar surface area (TPSA) is 39.2 Å². The highest BCUT2D eigenvalue weighted by atomic mass is 35.5. The highest BCUT2D eigenvalue weighted by Gasteiger charge is 2.20. The lowest BCUT2D eigenvalue weighted by Gasteiger charge is -2.09. The predicted molar refractivity (Wildman–Crippen MR) is 71.0 cm³/mol. The number of aryl methyl sites for hydroxylation is 1. The van der Waals surface area contributed by atoms with E-state index in [0.717, 1.165) is 5.56 Å². The van der Waals surface area contributed by atoms with Crippen LogP contribution in [0.5, 0.6) is 0 Å². The molecule has 0 aliphatic heterocycles. The van der Waals surface area contributed by atoms with Crippen molar-refractivity contribution in [2.75, 3.05) is 6.61 Å². The van der Waals surface area contributed by atoms with E-state index in [2.05, 4.69) is 4.98 Å². The number of hydrogen-bond donors (Lipinski definition) is 0. The number of aromatic nitrogens is 1. The third kappa shape index (κ3) is 3.86. The van der Waals surface area contributed by atoms with Crippen LogP contribution < -0.4 is 0 Å². The Hall–Kier alpha value is -0.800. The van der Waals surface area contributed by atoms with Crippen LogP contribution in [0, 0.1) is 13.8 Å². The first kappa shape index (κ1) is 16.2. The van der Waals surface area contributed by atoms with Crippen molar-refractivity contribution in [2.45, 2.75) is 34.6 Å². The Morgan fingerprint density at radius 3 is 2.29 bits per heavy atom. The van der Waals surface area contributed by atoms with Crippen LogP contribution in [0.4, 0.5) is 0 Å². The average Bonchev–Trinajstić information content (AvgIpc) is 2.29. The summed E-state index contributed by atoms with van der Waals surface area (Å²) in [6, 6.07) is 0. The largest absolute Gasteiger partial charge is 0.462 e. The number of pyridine rings is 1. The van der Waals surface area contributed by atoms with Crippen LogP contribution in [0.25, 0.3) is 0 Å². The van der Waals surface area contributed by atoms with E-state index in [-0.39, 0.29) is 17.3 Å². The Morgan fingerprint density at radius 1 is 1.29 bits per heavy atom. The second-order valence-corrected chi connectivity index (χ2v) is 3.76. The molecule has 0 aliphatic rings. The van der Waals surface area contributed by atoms with Crippen molar-refractivity contribution in [2.24, 2.45) is 0 Å². The van der Waals surface area contributed by atoms with Crippen LogP contribution in [0.1, 0.15) is 42.4 Å². The fourth-order valence-electron chi connectivity index (χ4n) is 1.10. The van der Waals surface area contributed by atoms with Gasteiger partial charge in [-0.15, -0.1) is 0 Å². The van der Waals surface area contributed by atoms with Crippen molar-refractivity contribution < 1.29 is 9.53 Å². The van der Waals surface area contributed by atoms with Crippen LogP contribution in [-0.2, 0) is 4.74 Å². The summed E-state index contributed by atoms with van der Waals surface area (Å²) in [4.78, 5) is 15.5. The lowest BCUT2D eigenvalue weighted by molar-refractivity contribution is 0.0526. The fraction of sp³-hybridized carbons (Fsp3) is 0.500. The van der Waals surface area contributed by atoms with Gasteiger partial charge in [0.25, 0.3) is 0 Å². The highest BCUT2D eigenvalue weighted by Crippen LogP contribution is 2.28. The van der Waals surface area contributed by atoms with Gasteiger partial charge in [0.05, 0.1) is 11.6 Å². The summed E-state index contributed by atoms with van der Waals surface area (Å²) in [5.41, 5.74) is 1.59. The van der Waals surface area contributed by atoms with E-state index in [1.807, 2.05) is 13.8 Å². The zero-order chi connectivity index (χ0) is 13.6. The lowest BCUT2D eigenvalue weighted by Crippen LogP contribution is -2.09. The van der Waals surface area contributed by atoms with Gasteiger partial charge in [0.1, 0.15) is 10.7 Å². The summed E-state index contributed by atoms with van der Waals surface area (Å²) in [5, 5.41) is 0.396. The molecule has 0 spiro atoms. The van der Waals surface area contributed by atoms with Crippen molar-refractivity contribution >= 4 is 29.2 Å². The summed E-state index contributed by atoms with van der Waals surface area (Å²) in [6.07, 6.45) is 0. The highest BCUT2D eigenvalue weighted by molar-refractivity contribution is 6.39. The minimum atomic E-state index is -0.539. The van der Waals surface area contributed by atoms with Gasteiger partial charge < -0.3 is 4.74 Å². The number of hydrogen-bond acceptors (Lipinski definition) is 3. The molecule has 0 radical (unpaired) electrons. The SMILES string of the molecule is CC.CCOC(=O)c1c(Cl)nc(C)c(C)c1Cl. The zero-order valence-corrected chi connectivity index (χ0v) is 12.2. The maximum absolute atomic E-state index is 11.5. The minimum Gasteiger partial charge on any atom is -0.462 e. The zero-order valence-electron chi connectivity index (χ0n) is 10.7. The Kier molecular flexibility index (Phi) is 7.16. The van der Waals surface area contributed by atoms with Gasteiger partial charge in [0, 0.05) is 5.69 Å². The van der Waals surface area contributed by atoms with Crippen molar-refractivity contribution in [3.8, 4) is 0 Å². The number of rotatable bonds is 2. The van der Waals surface area contributed by atoms with Crippen molar-refractivity contribution in [3.63, 3.8) is 0 Å². The molecule has 3 nitrogen and oxygen atoms in total. The van der Waals surface area contributed by atoms with E-state index < -0.39 is 5.97 Å². The van der Waals surface area contributed by atoms with E-state index in [1.165, 1.54) is 0 Å². The number of carbonyl (C=O) groups excluding carboxylic acids is 1. The first-order valence-electron chi connectivity index (χ1n) is 5.48. The number of halogens is 2. The van der Waals surface area contributed by atoms with E-state index in [1.54, 1.807) is 20.8 Å². The molecular weight excluding hydrogens is 261 g/mol. The molecule has 0 saturated heterocycles. The summed E-state index contributed by atoms with van der Waals surface area (Å²) >= 11 is 11.9. The summed E-state index contributed by atoms with van der Waals surface area (Å²) in [6.45, 7) is 9.55. The monoisotopic (exact) mass is 277 g/mol. The second kappa shape index (κ2) is 7.51. The Morgan fingerprint density at radius 2 is 1.82 bits per heavy atom. The molecule has 1 aromatic rings. The summed E-state index contributed by atoms with van der Waals surface area (Å²) in [5.74, 6) is -0.539. The third-order valence-corrected chi connectivity index (χ3v) is 2.79. The number of carbonyl (C=O) groups is 1. The van der Waals surface area contributed by atoms with Gasteiger partial charge in [-0.3, -0.25) is 0 Å². The molecule has 0 atom stereocenters. The molecule has 0 bridgehead atoms. The first-order chi connectivity index (χ1) is 7.99. The lowest BCUT2D eigenvalue weighted by atomic mass is 10.1. The van der Waals surface area contributed by atoms with E-state index in [0.29, 0.717) is 10.7 Å². The third-order valence-electron chi connectivity index (χ3n) is 2.04. The normalized spacial score (nSPS) is 9.35. The maximum atomic E-state index is 11.5. The molecule has 0 aromatic carbocycles. The van der Waals surface area contributed by atoms with Gasteiger partial charge in [-0.05, 0) is 26.3 Å². The maximum Gasteiger partial charge on any atom is 0.342 e. The smallest absolute Gasteiger partial charge is 0.342 e. The van der Waals surface area contributed by atoms with Gasteiger partial charge in [-0.2, -0.15) is 0 Å². The Balaban J connectivity index is 0.00000121. The molecule has 0 N–H and O–H groups in total. The number of esters is 1. The molecule has 96 valence electrons. The Bertz CT molecular complexity index is 406. The van der Waals surface area contributed by atoms with Crippen molar-refractivity contribution in [1.29, 1.82) is 0 Å². The fourth-order valence-corrected chi connectivity index (χ4v) is 1.75. The van der Waals surface area contributed by atoms with Gasteiger partial charge in [0.15, 0.2) is 0 Å². The molecule has 5 heteroatoms. The minimum absolute atomic E-state index is 0.0848. The molecule has 17 heavy (non-hydrogen) atoms. The van der Waals surface area contributed by atoms with Crippen LogP contribution >= 0.6 is 23.2 Å². The molecule has 0 aliphatic carbocycles. The molecule has 0 saturated carbocycles. The molecule has 0 amide bonds. The average molecular weight is 278 g/mol. The molecule has 0 unspecified atom stereocenters. The van der Waals surface area contributed by atoms with Gasteiger partial charge >= 0.3 is 5.97 Å². The molecule has 1 heterocycles. The Labute approximate surface area is 112 Å². The van der Waals surface area contributed by atoms with Gasteiger partial charge in [-0.1, -0.05) is 37.0 Å². The molecule has 0 fully saturated rings. The van der Waals surface area contributed by atoms with Gasteiger partial charge in [-0.25, -0.2) is 9.78 Å². The van der Waals surface area contributed by atoms with Crippen LogP contribution in [0.2, 0.25) is 10.2 Å². The number of nitrogens with zero attached hydrogens (tertiary/aromatic N) is 1. The van der Waals surface area contributed by atoms with Crippen LogP contribution in [0.3, 0.4) is 0 Å². The summed E-state index contributed by atoms with van der Waals surface area (Å²) in [7, 11) is 0. The van der Waals surface area contributed by atoms with Crippen LogP contribution in [0.15, 0.2) is 0 Å². The van der Waals surface area contributed by atoms with Crippen molar-refractivity contribution in [1.82, 2.24) is 4.98 Å². The molecular formula is C12H17Cl2NO2. The predicted octanol–water partition coefficient (Wildman–Crippen LogP) is 4.21. The standard InChI is InChI=1S/C10H11Cl2NO2.C2H6/c1-4-15-10(14)7-8(11)5(2)6(3)13-9(7)12;1-2/h4H2,1-3H3;1-2H3. The molecule has 1 rings (SSSR count). The van der Waals surface area contributed by atoms with E-state index in [9.17, 15) is 4.79 Å². The molecule has 1 aromatic heterocycles. The van der Waals surface area contributed by atoms with E-state index >= 15 is 0 Å². The number of ether oxygens (including phenoxy) is 1. The van der Waals surface area contributed by atoms with Gasteiger partial charge in [0.2, 0.25) is 0 Å². The second-order valence-electron chi connectivity index (χ2n) is 3.02. The first-order valence-corrected chi connectivity index (χ1v) is 6.24. The van der Waals surface area contributed by atoms with Crippen LogP contribution in [-0.4, -0.2) is 17.6 Å². The quantitative estimate of drug-likeness (QED) is 0.601. The summed E-state index contributed by atoms with van der Waals surface area (Å²) < 4.78 is 4.84.